The number of halogens is 3. The van der Waals surface area contributed by atoms with Crippen LogP contribution >= 0.6 is 39.3 Å². The highest BCUT2D eigenvalue weighted by Gasteiger charge is 2.25. The van der Waals surface area contributed by atoms with Crippen LogP contribution in [0.15, 0.2) is 75.0 Å². The van der Waals surface area contributed by atoms with Crippen LogP contribution in [0.25, 0.3) is 6.08 Å². The van der Waals surface area contributed by atoms with E-state index < -0.39 is 5.91 Å². The molecule has 178 valence electrons. The average Bonchev–Trinajstić information content (AvgIpc) is 3.17. The molecule has 0 unspecified atom stereocenters. The first-order valence-corrected chi connectivity index (χ1v) is 12.2. The topological polar surface area (TPSA) is 77.0 Å². The molecular weight excluding hydrogens is 559 g/mol. The van der Waals surface area contributed by atoms with E-state index >= 15 is 0 Å². The molecule has 0 spiro atoms. The van der Waals surface area contributed by atoms with Gasteiger partial charge in [-0.15, -0.1) is 0 Å². The third-order valence-electron chi connectivity index (χ3n) is 4.79. The van der Waals surface area contributed by atoms with Crippen LogP contribution in [0, 0.1) is 5.82 Å². The summed E-state index contributed by atoms with van der Waals surface area (Å²) in [5.41, 5.74) is 1.83. The van der Waals surface area contributed by atoms with E-state index in [1.165, 1.54) is 19.2 Å². The number of ether oxygens (including phenoxy) is 2. The van der Waals surface area contributed by atoms with E-state index in [1.54, 1.807) is 54.6 Å². The molecule has 0 radical (unpaired) electrons. The van der Waals surface area contributed by atoms with Crippen molar-refractivity contribution in [1.82, 2.24) is 5.32 Å². The molecule has 4 rings (SSSR count). The summed E-state index contributed by atoms with van der Waals surface area (Å²) in [6.45, 7) is 0.218. The van der Waals surface area contributed by atoms with Crippen molar-refractivity contribution in [3.63, 3.8) is 0 Å². The molecule has 1 saturated heterocycles. The first-order valence-electron chi connectivity index (χ1n) is 10.2. The summed E-state index contributed by atoms with van der Waals surface area (Å²) in [6, 6.07) is 15.8. The lowest BCUT2D eigenvalue weighted by Crippen LogP contribution is -2.20. The van der Waals surface area contributed by atoms with Gasteiger partial charge in [-0.05, 0) is 93.4 Å². The Morgan fingerprint density at radius 2 is 1.89 bits per heavy atom. The lowest BCUT2D eigenvalue weighted by molar-refractivity contribution is -0.115. The molecule has 1 heterocycles. The summed E-state index contributed by atoms with van der Waals surface area (Å²) in [4.78, 5) is 29.1. The standard InChI is InChI=1S/C25H17BrClFN2O4S/c1-33-20-11-15(10-19(26)22(20)34-13-14-2-8-18(28)9-3-14)12-21-24(32)30-25(35-21)29-23(31)16-4-6-17(27)7-5-16/h2-12H,13H2,1H3,(H,29,30,31,32)/b21-12-. The molecule has 0 saturated carbocycles. The van der Waals surface area contributed by atoms with Crippen molar-refractivity contribution in [1.29, 1.82) is 0 Å². The monoisotopic (exact) mass is 574 g/mol. The normalized spacial score (nSPS) is 15.4. The molecule has 0 bridgehead atoms. The second kappa shape index (κ2) is 11.1. The van der Waals surface area contributed by atoms with Crippen molar-refractivity contribution in [2.24, 2.45) is 4.99 Å². The van der Waals surface area contributed by atoms with E-state index in [0.29, 0.717) is 37.0 Å². The number of benzene rings is 3. The largest absolute Gasteiger partial charge is 0.493 e. The highest BCUT2D eigenvalue weighted by Crippen LogP contribution is 2.38. The van der Waals surface area contributed by atoms with Crippen LogP contribution in [0.5, 0.6) is 11.5 Å². The Bertz CT molecular complexity index is 1340. The van der Waals surface area contributed by atoms with Gasteiger partial charge in [-0.3, -0.25) is 9.59 Å². The Morgan fingerprint density at radius 1 is 1.17 bits per heavy atom. The summed E-state index contributed by atoms with van der Waals surface area (Å²) in [5, 5.41) is 3.29. The molecule has 1 aliphatic rings. The summed E-state index contributed by atoms with van der Waals surface area (Å²) < 4.78 is 25.1. The number of aliphatic imine (C=N–C) groups is 1. The summed E-state index contributed by atoms with van der Waals surface area (Å²) in [5.74, 6) is -0.259. The molecule has 35 heavy (non-hydrogen) atoms. The van der Waals surface area contributed by atoms with Gasteiger partial charge in [0.1, 0.15) is 12.4 Å². The van der Waals surface area contributed by atoms with Crippen LogP contribution in [-0.2, 0) is 11.4 Å². The number of thioether (sulfide) groups is 1. The van der Waals surface area contributed by atoms with Gasteiger partial charge >= 0.3 is 0 Å². The van der Waals surface area contributed by atoms with Gasteiger partial charge < -0.3 is 14.8 Å². The molecule has 1 fully saturated rings. The molecule has 3 aromatic carbocycles. The minimum atomic E-state index is -0.488. The predicted octanol–water partition coefficient (Wildman–Crippen LogP) is 6.23. The summed E-state index contributed by atoms with van der Waals surface area (Å²) in [6.07, 6.45) is 1.66. The fourth-order valence-electron chi connectivity index (χ4n) is 3.08. The molecule has 6 nitrogen and oxygen atoms in total. The number of methoxy groups -OCH3 is 1. The second-order valence-electron chi connectivity index (χ2n) is 7.24. The van der Waals surface area contributed by atoms with E-state index in [1.807, 2.05) is 0 Å². The van der Waals surface area contributed by atoms with Gasteiger partial charge in [0.2, 0.25) is 0 Å². The van der Waals surface area contributed by atoms with Crippen LogP contribution in [0.2, 0.25) is 5.02 Å². The van der Waals surface area contributed by atoms with Crippen molar-refractivity contribution in [2.45, 2.75) is 6.61 Å². The first-order chi connectivity index (χ1) is 16.8. The van der Waals surface area contributed by atoms with Gasteiger partial charge in [0.05, 0.1) is 16.5 Å². The van der Waals surface area contributed by atoms with Crippen molar-refractivity contribution in [3.05, 3.63) is 97.6 Å². The number of nitrogens with one attached hydrogen (secondary N) is 1. The third kappa shape index (κ3) is 6.30. The highest BCUT2D eigenvalue weighted by atomic mass is 79.9. The Morgan fingerprint density at radius 3 is 2.57 bits per heavy atom. The SMILES string of the molecule is COc1cc(/C=C2\SC(=NC(=O)c3ccc(Cl)cc3)NC2=O)cc(Br)c1OCc1ccc(F)cc1. The molecule has 3 aromatic rings. The molecule has 10 heteroatoms. The minimum absolute atomic E-state index is 0.187. The maximum absolute atomic E-state index is 13.1. The fourth-order valence-corrected chi connectivity index (χ4v) is 4.60. The first kappa shape index (κ1) is 25.0. The number of rotatable bonds is 6. The van der Waals surface area contributed by atoms with E-state index in [0.717, 1.165) is 17.3 Å². The number of carbonyl (C=O) groups excluding carboxylic acids is 2. The lowest BCUT2D eigenvalue weighted by atomic mass is 10.2. The smallest absolute Gasteiger partial charge is 0.279 e. The van der Waals surface area contributed by atoms with E-state index in [9.17, 15) is 14.0 Å². The number of nitrogens with zero attached hydrogens (tertiary/aromatic N) is 1. The highest BCUT2D eigenvalue weighted by molar-refractivity contribution is 9.10. The number of amides is 2. The van der Waals surface area contributed by atoms with Gasteiger partial charge in [-0.1, -0.05) is 23.7 Å². The second-order valence-corrected chi connectivity index (χ2v) is 9.56. The van der Waals surface area contributed by atoms with Crippen LogP contribution in [0.1, 0.15) is 21.5 Å². The Kier molecular flexibility index (Phi) is 7.90. The maximum Gasteiger partial charge on any atom is 0.279 e. The van der Waals surface area contributed by atoms with Crippen LogP contribution in [0.4, 0.5) is 4.39 Å². The Balaban J connectivity index is 1.51. The Hall–Kier alpha value is -3.14. The zero-order valence-electron chi connectivity index (χ0n) is 18.2. The molecule has 0 aromatic heterocycles. The number of amidine groups is 1. The third-order valence-corrected chi connectivity index (χ3v) is 6.54. The average molecular weight is 576 g/mol. The van der Waals surface area contributed by atoms with Crippen molar-refractivity contribution in [3.8, 4) is 11.5 Å². The van der Waals surface area contributed by atoms with Crippen LogP contribution in [0.3, 0.4) is 0 Å². The molecule has 1 aliphatic heterocycles. The fraction of sp³-hybridized carbons (Fsp3) is 0.0800. The van der Waals surface area contributed by atoms with Gasteiger partial charge in [-0.2, -0.15) is 4.99 Å². The maximum atomic E-state index is 13.1. The molecule has 0 atom stereocenters. The summed E-state index contributed by atoms with van der Waals surface area (Å²) >= 11 is 10.4. The predicted molar refractivity (Wildman–Crippen MR) is 138 cm³/mol. The van der Waals surface area contributed by atoms with Crippen molar-refractivity contribution >= 4 is 62.4 Å². The zero-order chi connectivity index (χ0) is 24.9. The van der Waals surface area contributed by atoms with Crippen LogP contribution < -0.4 is 14.8 Å². The molecule has 2 amide bonds. The van der Waals surface area contributed by atoms with Gasteiger partial charge in [0, 0.05) is 10.6 Å². The Labute approximate surface area is 218 Å². The van der Waals surface area contributed by atoms with E-state index in [-0.39, 0.29) is 23.5 Å². The lowest BCUT2D eigenvalue weighted by Gasteiger charge is -2.14. The minimum Gasteiger partial charge on any atom is -0.493 e. The van der Waals surface area contributed by atoms with Crippen molar-refractivity contribution < 1.29 is 23.5 Å². The number of hydrogen-bond acceptors (Lipinski definition) is 5. The zero-order valence-corrected chi connectivity index (χ0v) is 21.3. The molecule has 0 aliphatic carbocycles. The van der Waals surface area contributed by atoms with Gasteiger partial charge in [0.25, 0.3) is 11.8 Å². The molecular formula is C25H17BrClFN2O4S. The quantitative estimate of drug-likeness (QED) is 0.353. The van der Waals surface area contributed by atoms with Gasteiger partial charge in [0.15, 0.2) is 16.7 Å². The summed E-state index contributed by atoms with van der Waals surface area (Å²) in [7, 11) is 1.51. The van der Waals surface area contributed by atoms with E-state index in [4.69, 9.17) is 21.1 Å². The van der Waals surface area contributed by atoms with Gasteiger partial charge in [-0.25, -0.2) is 4.39 Å². The number of hydrogen-bond donors (Lipinski definition) is 1. The van der Waals surface area contributed by atoms with Crippen molar-refractivity contribution in [2.75, 3.05) is 7.11 Å². The number of carbonyl (C=O) groups is 2. The molecule has 1 N–H and O–H groups in total. The van der Waals surface area contributed by atoms with Crippen LogP contribution in [-0.4, -0.2) is 24.1 Å². The van der Waals surface area contributed by atoms with E-state index in [2.05, 4.69) is 26.2 Å².